The van der Waals surface area contributed by atoms with Crippen LogP contribution in [-0.4, -0.2) is 18.0 Å². The summed E-state index contributed by atoms with van der Waals surface area (Å²) in [5.74, 6) is 0.550. The zero-order valence-electron chi connectivity index (χ0n) is 9.04. The summed E-state index contributed by atoms with van der Waals surface area (Å²) in [5, 5.41) is 2.42. The van der Waals surface area contributed by atoms with Gasteiger partial charge in [0, 0.05) is 12.6 Å². The summed E-state index contributed by atoms with van der Waals surface area (Å²) in [4.78, 5) is 4.01. The first-order chi connectivity index (χ1) is 8.00. The third-order valence-corrected chi connectivity index (χ3v) is 3.15. The van der Waals surface area contributed by atoms with Gasteiger partial charge in [0.2, 0.25) is 5.96 Å². The number of guanidine groups is 1. The summed E-state index contributed by atoms with van der Waals surface area (Å²) >= 11 is 12.1. The van der Waals surface area contributed by atoms with Crippen molar-refractivity contribution >= 4 is 34.9 Å². The molecular weight excluding hydrogens is 261 g/mol. The van der Waals surface area contributed by atoms with Gasteiger partial charge >= 0.3 is 0 Å². The SMILES string of the molecule is CN1NC(c2cccc(Cl)c2Cl)=C(N)N=C1N. The lowest BCUT2D eigenvalue weighted by molar-refractivity contribution is 0.430. The fraction of sp³-hybridized carbons (Fsp3) is 0.100. The molecule has 2 rings (SSSR count). The number of aliphatic imine (C=N–C) groups is 1. The molecule has 5 nitrogen and oxygen atoms in total. The minimum atomic E-state index is 0.268. The molecule has 1 aliphatic heterocycles. The Hall–Kier alpha value is -1.59. The molecule has 0 fully saturated rings. The molecule has 1 heterocycles. The van der Waals surface area contributed by atoms with E-state index in [4.69, 9.17) is 34.7 Å². The molecule has 0 amide bonds. The first-order valence-corrected chi connectivity index (χ1v) is 5.55. The standard InChI is InChI=1S/C10H11Cl2N5/c1-17-10(14)15-9(13)8(16-17)5-3-2-4-6(11)7(5)12/h2-4,16H,13H2,1H3,(H2,14,15). The van der Waals surface area contributed by atoms with Crippen LogP contribution < -0.4 is 16.9 Å². The van der Waals surface area contributed by atoms with Gasteiger partial charge in [0.1, 0.15) is 5.70 Å². The average Bonchev–Trinajstić information content (AvgIpc) is 2.28. The van der Waals surface area contributed by atoms with Crippen molar-refractivity contribution in [3.8, 4) is 0 Å². The van der Waals surface area contributed by atoms with Gasteiger partial charge in [-0.3, -0.25) is 10.4 Å². The summed E-state index contributed by atoms with van der Waals surface area (Å²) in [7, 11) is 1.73. The third-order valence-electron chi connectivity index (χ3n) is 2.34. The summed E-state index contributed by atoms with van der Waals surface area (Å²) in [5.41, 5.74) is 15.7. The number of rotatable bonds is 1. The van der Waals surface area contributed by atoms with Gasteiger partial charge < -0.3 is 11.5 Å². The molecule has 0 atom stereocenters. The summed E-state index contributed by atoms with van der Waals surface area (Å²) in [6.45, 7) is 0. The zero-order chi connectivity index (χ0) is 12.6. The third kappa shape index (κ3) is 2.11. The molecule has 0 unspecified atom stereocenters. The van der Waals surface area contributed by atoms with Crippen LogP contribution in [0.2, 0.25) is 10.0 Å². The molecule has 5 N–H and O–H groups in total. The Morgan fingerprint density at radius 1 is 1.29 bits per heavy atom. The molecular formula is C10H11Cl2N5. The lowest BCUT2D eigenvalue weighted by Crippen LogP contribution is -2.46. The second-order valence-electron chi connectivity index (χ2n) is 3.50. The Morgan fingerprint density at radius 2 is 2.00 bits per heavy atom. The minimum Gasteiger partial charge on any atom is -0.382 e. The summed E-state index contributed by atoms with van der Waals surface area (Å²) in [6, 6.07) is 5.29. The maximum Gasteiger partial charge on any atom is 0.216 e. The van der Waals surface area contributed by atoms with Gasteiger partial charge in [0.05, 0.1) is 10.0 Å². The van der Waals surface area contributed by atoms with Crippen LogP contribution in [0.4, 0.5) is 0 Å². The molecule has 7 heteroatoms. The molecule has 0 aliphatic carbocycles. The number of benzene rings is 1. The Balaban J connectivity index is 2.54. The smallest absolute Gasteiger partial charge is 0.216 e. The monoisotopic (exact) mass is 271 g/mol. The highest BCUT2D eigenvalue weighted by Gasteiger charge is 2.19. The predicted octanol–water partition coefficient (Wildman–Crippen LogP) is 1.34. The average molecular weight is 272 g/mol. The molecule has 0 saturated heterocycles. The second kappa shape index (κ2) is 4.35. The van der Waals surface area contributed by atoms with Gasteiger partial charge in [0.25, 0.3) is 0 Å². The van der Waals surface area contributed by atoms with Gasteiger partial charge in [-0.1, -0.05) is 35.3 Å². The highest BCUT2D eigenvalue weighted by molar-refractivity contribution is 6.43. The zero-order valence-corrected chi connectivity index (χ0v) is 10.5. The van der Waals surface area contributed by atoms with Crippen LogP contribution in [0.3, 0.4) is 0 Å². The van der Waals surface area contributed by atoms with Crippen LogP contribution in [0.15, 0.2) is 29.0 Å². The molecule has 0 aromatic heterocycles. The maximum absolute atomic E-state index is 6.12. The van der Waals surface area contributed by atoms with E-state index in [0.29, 0.717) is 21.3 Å². The van der Waals surface area contributed by atoms with E-state index in [1.165, 1.54) is 0 Å². The second-order valence-corrected chi connectivity index (χ2v) is 4.29. The lowest BCUT2D eigenvalue weighted by Gasteiger charge is -2.27. The largest absolute Gasteiger partial charge is 0.382 e. The lowest BCUT2D eigenvalue weighted by atomic mass is 10.1. The van der Waals surface area contributed by atoms with Crippen molar-refractivity contribution in [2.75, 3.05) is 7.05 Å². The van der Waals surface area contributed by atoms with Crippen molar-refractivity contribution in [1.82, 2.24) is 10.4 Å². The molecule has 90 valence electrons. The topological polar surface area (TPSA) is 79.7 Å². The molecule has 17 heavy (non-hydrogen) atoms. The molecule has 1 aliphatic rings. The van der Waals surface area contributed by atoms with Gasteiger partial charge in [-0.2, -0.15) is 4.99 Å². The molecule has 0 radical (unpaired) electrons. The van der Waals surface area contributed by atoms with E-state index in [0.717, 1.165) is 0 Å². The predicted molar refractivity (Wildman–Crippen MR) is 70.1 cm³/mol. The Labute approximate surface area is 109 Å². The molecule has 0 saturated carbocycles. The van der Waals surface area contributed by atoms with E-state index in [9.17, 15) is 0 Å². The molecule has 1 aromatic carbocycles. The Morgan fingerprint density at radius 3 is 2.71 bits per heavy atom. The van der Waals surface area contributed by atoms with Crippen LogP contribution in [-0.2, 0) is 0 Å². The van der Waals surface area contributed by atoms with Gasteiger partial charge in [-0.25, -0.2) is 0 Å². The minimum absolute atomic E-state index is 0.268. The first kappa shape index (κ1) is 11.9. The number of halogens is 2. The van der Waals surface area contributed by atoms with Crippen molar-refractivity contribution in [2.24, 2.45) is 16.5 Å². The number of nitrogens with one attached hydrogen (secondary N) is 1. The van der Waals surface area contributed by atoms with E-state index in [-0.39, 0.29) is 11.8 Å². The Kier molecular flexibility index (Phi) is 3.04. The van der Waals surface area contributed by atoms with Crippen LogP contribution in [0, 0.1) is 0 Å². The van der Waals surface area contributed by atoms with E-state index in [2.05, 4.69) is 10.4 Å². The highest BCUT2D eigenvalue weighted by Crippen LogP contribution is 2.31. The van der Waals surface area contributed by atoms with E-state index in [1.807, 2.05) is 0 Å². The number of hydrogen-bond donors (Lipinski definition) is 3. The van der Waals surface area contributed by atoms with Crippen molar-refractivity contribution in [3.63, 3.8) is 0 Å². The van der Waals surface area contributed by atoms with E-state index >= 15 is 0 Å². The van der Waals surface area contributed by atoms with Crippen LogP contribution in [0.1, 0.15) is 5.56 Å². The Bertz CT molecular complexity index is 523. The summed E-state index contributed by atoms with van der Waals surface area (Å²) < 4.78 is 0. The normalized spacial score (nSPS) is 15.7. The highest BCUT2D eigenvalue weighted by atomic mass is 35.5. The van der Waals surface area contributed by atoms with E-state index in [1.54, 1.807) is 30.3 Å². The molecule has 0 bridgehead atoms. The summed E-state index contributed by atoms with van der Waals surface area (Å²) in [6.07, 6.45) is 0. The van der Waals surface area contributed by atoms with Crippen molar-refractivity contribution in [2.45, 2.75) is 0 Å². The van der Waals surface area contributed by atoms with Crippen LogP contribution in [0.25, 0.3) is 5.70 Å². The van der Waals surface area contributed by atoms with Crippen molar-refractivity contribution in [1.29, 1.82) is 0 Å². The van der Waals surface area contributed by atoms with Crippen LogP contribution >= 0.6 is 23.2 Å². The van der Waals surface area contributed by atoms with E-state index < -0.39 is 0 Å². The molecule has 0 spiro atoms. The van der Waals surface area contributed by atoms with Crippen molar-refractivity contribution in [3.05, 3.63) is 39.6 Å². The fourth-order valence-corrected chi connectivity index (χ4v) is 1.83. The van der Waals surface area contributed by atoms with Crippen molar-refractivity contribution < 1.29 is 0 Å². The van der Waals surface area contributed by atoms with Gasteiger partial charge in [0.15, 0.2) is 5.82 Å². The quantitative estimate of drug-likeness (QED) is 0.720. The number of nitrogens with zero attached hydrogens (tertiary/aromatic N) is 2. The fourth-order valence-electron chi connectivity index (χ4n) is 1.43. The number of hydrazine groups is 1. The maximum atomic E-state index is 6.12. The number of hydrogen-bond acceptors (Lipinski definition) is 5. The van der Waals surface area contributed by atoms with Gasteiger partial charge in [-0.15, -0.1) is 0 Å². The first-order valence-electron chi connectivity index (χ1n) is 4.79. The number of nitrogens with two attached hydrogens (primary N) is 2. The molecule has 1 aromatic rings. The van der Waals surface area contributed by atoms with Gasteiger partial charge in [-0.05, 0) is 6.07 Å². The van der Waals surface area contributed by atoms with Crippen LogP contribution in [0.5, 0.6) is 0 Å².